The van der Waals surface area contributed by atoms with Crippen LogP contribution < -0.4 is 15.0 Å². The second-order valence-corrected chi connectivity index (χ2v) is 9.86. The van der Waals surface area contributed by atoms with Crippen molar-refractivity contribution in [2.45, 2.75) is 32.9 Å². The van der Waals surface area contributed by atoms with Crippen molar-refractivity contribution in [1.29, 1.82) is 0 Å². The maximum absolute atomic E-state index is 5.90. The van der Waals surface area contributed by atoms with Gasteiger partial charge < -0.3 is 19.5 Å². The van der Waals surface area contributed by atoms with E-state index >= 15 is 0 Å². The number of anilines is 1. The standard InChI is InChI=1S/C28H27BrN4OS/c1-4-34-23-14-12-22(13-15-23)33-27(26(31-28(33)35)25-7-5-6-16-30-25)24-17-18(2)32(19(24)3)21-10-8-20(29)9-11-21/h5-17,26-27H,4H2,1-3H3,(H,31,35). The Morgan fingerprint density at radius 2 is 1.71 bits per heavy atom. The molecule has 3 heterocycles. The minimum atomic E-state index is -0.0888. The first-order valence-electron chi connectivity index (χ1n) is 11.7. The van der Waals surface area contributed by atoms with E-state index in [1.165, 1.54) is 17.0 Å². The van der Waals surface area contributed by atoms with E-state index in [1.54, 1.807) is 0 Å². The van der Waals surface area contributed by atoms with Gasteiger partial charge >= 0.3 is 0 Å². The maximum Gasteiger partial charge on any atom is 0.174 e. The fourth-order valence-electron chi connectivity index (χ4n) is 4.89. The van der Waals surface area contributed by atoms with Crippen LogP contribution in [0.2, 0.25) is 0 Å². The molecule has 0 amide bonds. The van der Waals surface area contributed by atoms with Crippen LogP contribution in [0.1, 0.15) is 41.7 Å². The Morgan fingerprint density at radius 3 is 2.37 bits per heavy atom. The first-order chi connectivity index (χ1) is 17.0. The smallest absolute Gasteiger partial charge is 0.174 e. The van der Waals surface area contributed by atoms with Gasteiger partial charge in [0.1, 0.15) is 5.75 Å². The van der Waals surface area contributed by atoms with Crippen LogP contribution in [0.3, 0.4) is 0 Å². The molecule has 178 valence electrons. The number of aromatic nitrogens is 2. The number of hydrogen-bond donors (Lipinski definition) is 1. The highest BCUT2D eigenvalue weighted by atomic mass is 79.9. The van der Waals surface area contributed by atoms with Gasteiger partial charge in [0.25, 0.3) is 0 Å². The van der Waals surface area contributed by atoms with Gasteiger partial charge in [-0.25, -0.2) is 0 Å². The summed E-state index contributed by atoms with van der Waals surface area (Å²) in [5.74, 6) is 0.848. The fraction of sp³-hybridized carbons (Fsp3) is 0.214. The fourth-order valence-corrected chi connectivity index (χ4v) is 5.50. The molecule has 1 aliphatic heterocycles. The summed E-state index contributed by atoms with van der Waals surface area (Å²) in [5.41, 5.74) is 6.67. The second kappa shape index (κ2) is 9.84. The van der Waals surface area contributed by atoms with Crippen molar-refractivity contribution in [3.63, 3.8) is 0 Å². The molecule has 35 heavy (non-hydrogen) atoms. The van der Waals surface area contributed by atoms with Gasteiger partial charge in [0, 0.05) is 33.4 Å². The second-order valence-electron chi connectivity index (χ2n) is 8.56. The Kier molecular flexibility index (Phi) is 6.62. The van der Waals surface area contributed by atoms with Crippen molar-refractivity contribution >= 4 is 38.9 Å². The molecule has 0 radical (unpaired) electrons. The molecule has 0 spiro atoms. The third kappa shape index (κ3) is 4.46. The van der Waals surface area contributed by atoms with Gasteiger partial charge in [0.2, 0.25) is 0 Å². The van der Waals surface area contributed by atoms with Crippen LogP contribution in [0.4, 0.5) is 5.69 Å². The molecule has 0 aliphatic carbocycles. The van der Waals surface area contributed by atoms with Crippen LogP contribution in [-0.4, -0.2) is 21.3 Å². The van der Waals surface area contributed by atoms with Gasteiger partial charge in [-0.2, -0.15) is 0 Å². The van der Waals surface area contributed by atoms with Crippen LogP contribution >= 0.6 is 28.1 Å². The van der Waals surface area contributed by atoms with Crippen LogP contribution in [0, 0.1) is 13.8 Å². The number of hydrogen-bond acceptors (Lipinski definition) is 3. The minimum absolute atomic E-state index is 0.0641. The van der Waals surface area contributed by atoms with Gasteiger partial charge in [-0.15, -0.1) is 0 Å². The number of ether oxygens (including phenoxy) is 1. The third-order valence-corrected chi connectivity index (χ3v) is 7.24. The summed E-state index contributed by atoms with van der Waals surface area (Å²) in [6, 6.07) is 24.7. The van der Waals surface area contributed by atoms with E-state index in [1.807, 2.05) is 37.4 Å². The van der Waals surface area contributed by atoms with Crippen molar-refractivity contribution in [2.75, 3.05) is 11.5 Å². The average Bonchev–Trinajstić information content (AvgIpc) is 3.36. The molecule has 2 atom stereocenters. The molecule has 2 aromatic heterocycles. The third-order valence-electron chi connectivity index (χ3n) is 6.40. The summed E-state index contributed by atoms with van der Waals surface area (Å²) in [4.78, 5) is 6.89. The number of benzene rings is 2. The van der Waals surface area contributed by atoms with E-state index in [-0.39, 0.29) is 12.1 Å². The molecule has 0 bridgehead atoms. The van der Waals surface area contributed by atoms with Crippen LogP contribution in [0.15, 0.2) is 83.5 Å². The molecule has 7 heteroatoms. The summed E-state index contributed by atoms with van der Waals surface area (Å²) < 4.78 is 9.03. The minimum Gasteiger partial charge on any atom is -0.494 e. The Hall–Kier alpha value is -3.16. The van der Waals surface area contributed by atoms with Gasteiger partial charge in [-0.3, -0.25) is 4.98 Å². The average molecular weight is 548 g/mol. The summed E-state index contributed by atoms with van der Waals surface area (Å²) >= 11 is 9.44. The molecule has 1 aliphatic rings. The van der Waals surface area contributed by atoms with E-state index in [4.69, 9.17) is 17.0 Å². The van der Waals surface area contributed by atoms with Gasteiger partial charge in [-0.05, 0) is 105 Å². The molecule has 2 aromatic carbocycles. The molecule has 1 fully saturated rings. The lowest BCUT2D eigenvalue weighted by atomic mass is 9.96. The lowest BCUT2D eigenvalue weighted by Crippen LogP contribution is -2.29. The molecule has 4 aromatic rings. The highest BCUT2D eigenvalue weighted by Gasteiger charge is 2.42. The normalized spacial score (nSPS) is 17.5. The zero-order chi connectivity index (χ0) is 24.5. The number of nitrogens with zero attached hydrogens (tertiary/aromatic N) is 3. The molecular weight excluding hydrogens is 520 g/mol. The van der Waals surface area contributed by atoms with Gasteiger partial charge in [0.15, 0.2) is 5.11 Å². The number of nitrogens with one attached hydrogen (secondary N) is 1. The zero-order valence-corrected chi connectivity index (χ0v) is 22.3. The number of pyridine rings is 1. The van der Waals surface area contributed by atoms with Crippen LogP contribution in [-0.2, 0) is 0 Å². The predicted octanol–water partition coefficient (Wildman–Crippen LogP) is 6.83. The number of thiocarbonyl (C=S) groups is 1. The molecule has 5 rings (SSSR count). The number of halogens is 1. The summed E-state index contributed by atoms with van der Waals surface area (Å²) in [7, 11) is 0. The van der Waals surface area contributed by atoms with Gasteiger partial charge in [0.05, 0.1) is 24.4 Å². The van der Waals surface area contributed by atoms with E-state index in [0.717, 1.165) is 27.3 Å². The molecule has 5 nitrogen and oxygen atoms in total. The number of rotatable bonds is 6. The number of aryl methyl sites for hydroxylation is 1. The van der Waals surface area contributed by atoms with Crippen molar-refractivity contribution in [3.05, 3.63) is 106 Å². The first-order valence-corrected chi connectivity index (χ1v) is 12.9. The lowest BCUT2D eigenvalue weighted by molar-refractivity contribution is 0.340. The van der Waals surface area contributed by atoms with E-state index in [9.17, 15) is 0 Å². The van der Waals surface area contributed by atoms with Crippen LogP contribution in [0.5, 0.6) is 5.75 Å². The summed E-state index contributed by atoms with van der Waals surface area (Å²) in [5, 5.41) is 4.24. The summed E-state index contributed by atoms with van der Waals surface area (Å²) in [6.07, 6.45) is 1.84. The maximum atomic E-state index is 5.90. The highest BCUT2D eigenvalue weighted by Crippen LogP contribution is 2.44. The Morgan fingerprint density at radius 1 is 1.00 bits per heavy atom. The predicted molar refractivity (Wildman–Crippen MR) is 148 cm³/mol. The quantitative estimate of drug-likeness (QED) is 0.268. The SMILES string of the molecule is CCOc1ccc(N2C(=S)NC(c3ccccn3)C2c2cc(C)n(-c3ccc(Br)cc3)c2C)cc1. The topological polar surface area (TPSA) is 42.3 Å². The Bertz CT molecular complexity index is 1340. The largest absolute Gasteiger partial charge is 0.494 e. The Labute approximate surface area is 219 Å². The lowest BCUT2D eigenvalue weighted by Gasteiger charge is -2.28. The van der Waals surface area contributed by atoms with Gasteiger partial charge in [-0.1, -0.05) is 22.0 Å². The van der Waals surface area contributed by atoms with E-state index in [0.29, 0.717) is 11.7 Å². The van der Waals surface area contributed by atoms with Crippen molar-refractivity contribution in [2.24, 2.45) is 0 Å². The monoisotopic (exact) mass is 546 g/mol. The molecule has 2 unspecified atom stereocenters. The molecule has 1 saturated heterocycles. The Balaban J connectivity index is 1.63. The van der Waals surface area contributed by atoms with E-state index < -0.39 is 0 Å². The van der Waals surface area contributed by atoms with Crippen molar-refractivity contribution in [1.82, 2.24) is 14.9 Å². The molecular formula is C28H27BrN4OS. The van der Waals surface area contributed by atoms with E-state index in [2.05, 4.69) is 98.1 Å². The molecule has 1 N–H and O–H groups in total. The highest BCUT2D eigenvalue weighted by molar-refractivity contribution is 9.10. The summed E-state index contributed by atoms with van der Waals surface area (Å²) in [6.45, 7) is 6.95. The molecule has 0 saturated carbocycles. The zero-order valence-electron chi connectivity index (χ0n) is 19.9. The first kappa shape index (κ1) is 23.6. The van der Waals surface area contributed by atoms with Crippen LogP contribution in [0.25, 0.3) is 5.69 Å². The van der Waals surface area contributed by atoms with Crippen molar-refractivity contribution < 1.29 is 4.74 Å². The van der Waals surface area contributed by atoms with Crippen molar-refractivity contribution in [3.8, 4) is 11.4 Å².